The normalized spacial score (nSPS) is 15.0. The molecule has 0 saturated carbocycles. The van der Waals surface area contributed by atoms with Gasteiger partial charge in [0.1, 0.15) is 5.82 Å². The summed E-state index contributed by atoms with van der Waals surface area (Å²) >= 11 is 0. The molecule has 4 aromatic rings. The molecule has 0 unspecified atom stereocenters. The molecule has 7 nitrogen and oxygen atoms in total. The monoisotopic (exact) mass is 462 g/mol. The molecular weight excluding hydrogens is 443 g/mol. The fourth-order valence-corrected chi connectivity index (χ4v) is 5.40. The highest BCUT2D eigenvalue weighted by molar-refractivity contribution is 7.93. The highest BCUT2D eigenvalue weighted by atomic mass is 32.2. The van der Waals surface area contributed by atoms with Crippen LogP contribution in [0.15, 0.2) is 72.9 Å². The van der Waals surface area contributed by atoms with Gasteiger partial charge in [-0.2, -0.15) is 0 Å². The van der Waals surface area contributed by atoms with E-state index >= 15 is 0 Å². The Morgan fingerprint density at radius 1 is 1.00 bits per heavy atom. The van der Waals surface area contributed by atoms with E-state index in [2.05, 4.69) is 15.3 Å². The van der Waals surface area contributed by atoms with Crippen molar-refractivity contribution < 1.29 is 17.6 Å². The molecule has 1 aliphatic rings. The molecule has 9 heteroatoms. The number of amides is 1. The van der Waals surface area contributed by atoms with Gasteiger partial charge in [0.2, 0.25) is 10.0 Å². The predicted octanol–water partition coefficient (Wildman–Crippen LogP) is 4.23. The molecular formula is C24H19FN4O3S. The van der Waals surface area contributed by atoms with Crippen LogP contribution < -0.4 is 9.62 Å². The average molecular weight is 463 g/mol. The van der Waals surface area contributed by atoms with Crippen molar-refractivity contribution in [3.05, 3.63) is 84.3 Å². The fraction of sp³-hybridized carbons (Fsp3) is 0.125. The first-order chi connectivity index (χ1) is 15.9. The lowest BCUT2D eigenvalue weighted by Crippen LogP contribution is -2.25. The largest absolute Gasteiger partial charge is 0.322 e. The van der Waals surface area contributed by atoms with Gasteiger partial charge in [0.25, 0.3) is 5.91 Å². The smallest absolute Gasteiger partial charge is 0.258 e. The first-order valence-corrected chi connectivity index (χ1v) is 12.0. The average Bonchev–Trinajstić information content (AvgIpc) is 3.17. The standard InChI is InChI=1S/C24H19FN4O3S/c25-20-15-18(29-12-3-13-33(29,31)32)7-8-19(20)24(30)27-17-5-1-4-16(14-17)21-9-10-22-23(28-21)6-2-11-26-22/h1-2,4-11,14-15H,3,12-13H2,(H,27,30). The molecule has 2 aromatic carbocycles. The number of anilines is 2. The summed E-state index contributed by atoms with van der Waals surface area (Å²) in [7, 11) is -3.43. The summed E-state index contributed by atoms with van der Waals surface area (Å²) in [5, 5.41) is 2.70. The third-order valence-electron chi connectivity index (χ3n) is 5.46. The number of rotatable bonds is 4. The minimum atomic E-state index is -3.43. The van der Waals surface area contributed by atoms with Crippen molar-refractivity contribution in [1.82, 2.24) is 9.97 Å². The molecule has 3 heterocycles. The maximum atomic E-state index is 14.7. The van der Waals surface area contributed by atoms with Crippen LogP contribution in [0.1, 0.15) is 16.8 Å². The summed E-state index contributed by atoms with van der Waals surface area (Å²) in [6, 6.07) is 18.3. The predicted molar refractivity (Wildman–Crippen MR) is 125 cm³/mol. The number of benzene rings is 2. The van der Waals surface area contributed by atoms with Crippen LogP contribution in [0.3, 0.4) is 0 Å². The minimum Gasteiger partial charge on any atom is -0.322 e. The maximum Gasteiger partial charge on any atom is 0.258 e. The van der Waals surface area contributed by atoms with E-state index < -0.39 is 21.7 Å². The zero-order valence-corrected chi connectivity index (χ0v) is 18.2. The van der Waals surface area contributed by atoms with E-state index in [0.717, 1.165) is 22.7 Å². The summed E-state index contributed by atoms with van der Waals surface area (Å²) in [5.74, 6) is -1.38. The zero-order chi connectivity index (χ0) is 23.0. The Morgan fingerprint density at radius 2 is 1.88 bits per heavy atom. The Kier molecular flexibility index (Phi) is 5.26. The van der Waals surface area contributed by atoms with E-state index in [9.17, 15) is 17.6 Å². The molecule has 33 heavy (non-hydrogen) atoms. The summed E-state index contributed by atoms with van der Waals surface area (Å²) < 4.78 is 40.0. The summed E-state index contributed by atoms with van der Waals surface area (Å²) in [6.45, 7) is 0.305. The second-order valence-electron chi connectivity index (χ2n) is 7.68. The quantitative estimate of drug-likeness (QED) is 0.490. The molecule has 1 N–H and O–H groups in total. The number of halogens is 1. The van der Waals surface area contributed by atoms with E-state index in [1.54, 1.807) is 24.4 Å². The van der Waals surface area contributed by atoms with Crippen LogP contribution in [0, 0.1) is 5.82 Å². The molecule has 5 rings (SSSR count). The highest BCUT2D eigenvalue weighted by Crippen LogP contribution is 2.27. The van der Waals surface area contributed by atoms with Gasteiger partial charge in [-0.1, -0.05) is 12.1 Å². The Hall–Kier alpha value is -3.85. The topological polar surface area (TPSA) is 92.3 Å². The van der Waals surface area contributed by atoms with Crippen molar-refractivity contribution >= 4 is 38.3 Å². The molecule has 0 spiro atoms. The Morgan fingerprint density at radius 3 is 2.67 bits per heavy atom. The van der Waals surface area contributed by atoms with Crippen LogP contribution in [-0.2, 0) is 10.0 Å². The van der Waals surface area contributed by atoms with Crippen LogP contribution in [0.5, 0.6) is 0 Å². The van der Waals surface area contributed by atoms with Crippen LogP contribution >= 0.6 is 0 Å². The third kappa shape index (κ3) is 4.14. The first-order valence-electron chi connectivity index (χ1n) is 10.3. The van der Waals surface area contributed by atoms with E-state index in [4.69, 9.17) is 0 Å². The Balaban J connectivity index is 1.38. The number of carbonyl (C=O) groups is 1. The van der Waals surface area contributed by atoms with Gasteiger partial charge in [0.05, 0.1) is 33.7 Å². The summed E-state index contributed by atoms with van der Waals surface area (Å²) in [5.41, 5.74) is 3.58. The van der Waals surface area contributed by atoms with Gasteiger partial charge in [-0.3, -0.25) is 14.1 Å². The van der Waals surface area contributed by atoms with Crippen molar-refractivity contribution in [1.29, 1.82) is 0 Å². The maximum absolute atomic E-state index is 14.7. The number of sulfonamides is 1. The first kappa shape index (κ1) is 21.0. The van der Waals surface area contributed by atoms with Gasteiger partial charge < -0.3 is 5.32 Å². The molecule has 0 bridgehead atoms. The molecule has 0 aliphatic carbocycles. The number of fused-ring (bicyclic) bond motifs is 1. The highest BCUT2D eigenvalue weighted by Gasteiger charge is 2.29. The minimum absolute atomic E-state index is 0.0375. The molecule has 0 atom stereocenters. The van der Waals surface area contributed by atoms with Crippen molar-refractivity contribution in [2.24, 2.45) is 0 Å². The van der Waals surface area contributed by atoms with Gasteiger partial charge in [-0.25, -0.2) is 17.8 Å². The van der Waals surface area contributed by atoms with Crippen LogP contribution in [-0.4, -0.2) is 36.6 Å². The summed E-state index contributed by atoms with van der Waals surface area (Å²) in [6.07, 6.45) is 2.20. The van der Waals surface area contributed by atoms with Gasteiger partial charge in [-0.05, 0) is 61.0 Å². The lowest BCUT2D eigenvalue weighted by atomic mass is 10.1. The van der Waals surface area contributed by atoms with Gasteiger partial charge in [0.15, 0.2) is 0 Å². The molecule has 1 aliphatic heterocycles. The van der Waals surface area contributed by atoms with Crippen molar-refractivity contribution in [3.63, 3.8) is 0 Å². The molecule has 0 radical (unpaired) electrons. The second-order valence-corrected chi connectivity index (χ2v) is 9.69. The van der Waals surface area contributed by atoms with Gasteiger partial charge in [0, 0.05) is 24.0 Å². The SMILES string of the molecule is O=C(Nc1cccc(-c2ccc3ncccc3n2)c1)c1ccc(N2CCCS2(=O)=O)cc1F. The van der Waals surface area contributed by atoms with Crippen LogP contribution in [0.2, 0.25) is 0 Å². The second kappa shape index (κ2) is 8.25. The number of carbonyl (C=O) groups excluding carboxylic acids is 1. The van der Waals surface area contributed by atoms with E-state index in [0.29, 0.717) is 24.3 Å². The number of nitrogens with zero attached hydrogens (tertiary/aromatic N) is 3. The fourth-order valence-electron chi connectivity index (χ4n) is 3.85. The zero-order valence-electron chi connectivity index (χ0n) is 17.4. The Labute approximate surface area is 190 Å². The van der Waals surface area contributed by atoms with Crippen molar-refractivity contribution in [2.75, 3.05) is 21.9 Å². The number of nitrogens with one attached hydrogen (secondary N) is 1. The van der Waals surface area contributed by atoms with Crippen LogP contribution in [0.25, 0.3) is 22.3 Å². The molecule has 1 saturated heterocycles. The number of hydrogen-bond donors (Lipinski definition) is 1. The van der Waals surface area contributed by atoms with Crippen LogP contribution in [0.4, 0.5) is 15.8 Å². The van der Waals surface area contributed by atoms with E-state index in [1.165, 1.54) is 16.4 Å². The van der Waals surface area contributed by atoms with Crippen molar-refractivity contribution in [2.45, 2.75) is 6.42 Å². The number of hydrogen-bond acceptors (Lipinski definition) is 5. The number of aromatic nitrogens is 2. The van der Waals surface area contributed by atoms with E-state index in [-0.39, 0.29) is 17.0 Å². The van der Waals surface area contributed by atoms with Gasteiger partial charge >= 0.3 is 0 Å². The number of pyridine rings is 2. The van der Waals surface area contributed by atoms with Crippen molar-refractivity contribution in [3.8, 4) is 11.3 Å². The van der Waals surface area contributed by atoms with E-state index in [1.807, 2.05) is 30.3 Å². The third-order valence-corrected chi connectivity index (χ3v) is 7.33. The molecule has 166 valence electrons. The molecule has 1 amide bonds. The van der Waals surface area contributed by atoms with Gasteiger partial charge in [-0.15, -0.1) is 0 Å². The molecule has 1 fully saturated rings. The molecule has 2 aromatic heterocycles. The lowest BCUT2D eigenvalue weighted by Gasteiger charge is -2.17. The Bertz CT molecular complexity index is 1490. The lowest BCUT2D eigenvalue weighted by molar-refractivity contribution is 0.102. The summed E-state index contributed by atoms with van der Waals surface area (Å²) in [4.78, 5) is 21.6.